The van der Waals surface area contributed by atoms with Crippen molar-refractivity contribution in [2.75, 3.05) is 26.2 Å². The summed E-state index contributed by atoms with van der Waals surface area (Å²) in [4.78, 5) is 14.7. The summed E-state index contributed by atoms with van der Waals surface area (Å²) in [5.41, 5.74) is 4.57. The SMILES string of the molecule is Cc1ncc(-c2ccc(F)cc2)c([C@@H]2CCCN(C3CCN(Cc4ccccc4)CC3)C2)n1. The van der Waals surface area contributed by atoms with Crippen LogP contribution in [-0.2, 0) is 6.54 Å². The van der Waals surface area contributed by atoms with Crippen molar-refractivity contribution in [2.45, 2.75) is 51.1 Å². The first kappa shape index (κ1) is 22.2. The van der Waals surface area contributed by atoms with Gasteiger partial charge in [-0.25, -0.2) is 14.4 Å². The number of nitrogens with zero attached hydrogens (tertiary/aromatic N) is 4. The molecule has 0 saturated carbocycles. The van der Waals surface area contributed by atoms with Crippen molar-refractivity contribution in [3.05, 3.63) is 83.7 Å². The molecule has 0 amide bonds. The van der Waals surface area contributed by atoms with Gasteiger partial charge in [0.15, 0.2) is 0 Å². The van der Waals surface area contributed by atoms with Gasteiger partial charge in [-0.15, -0.1) is 0 Å². The molecule has 0 bridgehead atoms. The highest BCUT2D eigenvalue weighted by Crippen LogP contribution is 2.34. The van der Waals surface area contributed by atoms with Crippen molar-refractivity contribution in [1.82, 2.24) is 19.8 Å². The number of hydrogen-bond donors (Lipinski definition) is 0. The van der Waals surface area contributed by atoms with Crippen LogP contribution in [0.3, 0.4) is 0 Å². The van der Waals surface area contributed by atoms with Crippen LogP contribution in [0.4, 0.5) is 4.39 Å². The molecule has 1 atom stereocenters. The average molecular weight is 445 g/mol. The minimum atomic E-state index is -0.212. The van der Waals surface area contributed by atoms with E-state index in [2.05, 4.69) is 45.1 Å². The van der Waals surface area contributed by atoms with E-state index in [1.54, 1.807) is 0 Å². The second-order valence-electron chi connectivity index (χ2n) is 9.55. The lowest BCUT2D eigenvalue weighted by Gasteiger charge is -2.42. The van der Waals surface area contributed by atoms with Gasteiger partial charge in [-0.3, -0.25) is 9.80 Å². The smallest absolute Gasteiger partial charge is 0.125 e. The van der Waals surface area contributed by atoms with E-state index in [0.717, 1.165) is 55.2 Å². The summed E-state index contributed by atoms with van der Waals surface area (Å²) >= 11 is 0. The number of likely N-dealkylation sites (tertiary alicyclic amines) is 2. The Balaban J connectivity index is 1.26. The Labute approximate surface area is 196 Å². The molecule has 0 spiro atoms. The topological polar surface area (TPSA) is 32.3 Å². The Morgan fingerprint density at radius 3 is 2.45 bits per heavy atom. The van der Waals surface area contributed by atoms with Gasteiger partial charge < -0.3 is 0 Å². The fourth-order valence-corrected chi connectivity index (χ4v) is 5.50. The molecular weight excluding hydrogens is 411 g/mol. The number of rotatable bonds is 5. The number of aryl methyl sites for hydroxylation is 1. The number of halogens is 1. The van der Waals surface area contributed by atoms with Crippen LogP contribution in [0.15, 0.2) is 60.8 Å². The zero-order chi connectivity index (χ0) is 22.6. The van der Waals surface area contributed by atoms with E-state index in [1.165, 1.54) is 43.5 Å². The Morgan fingerprint density at radius 1 is 0.939 bits per heavy atom. The molecule has 2 aromatic carbocycles. The van der Waals surface area contributed by atoms with Crippen molar-refractivity contribution in [1.29, 1.82) is 0 Å². The number of aromatic nitrogens is 2. The summed E-state index contributed by atoms with van der Waals surface area (Å²) in [6.07, 6.45) is 6.72. The van der Waals surface area contributed by atoms with Gasteiger partial charge in [-0.1, -0.05) is 42.5 Å². The maximum absolute atomic E-state index is 13.5. The van der Waals surface area contributed by atoms with Crippen molar-refractivity contribution in [3.63, 3.8) is 0 Å². The Bertz CT molecular complexity index is 1050. The van der Waals surface area contributed by atoms with Crippen molar-refractivity contribution < 1.29 is 4.39 Å². The molecule has 3 aromatic rings. The molecule has 1 aromatic heterocycles. The van der Waals surface area contributed by atoms with Crippen molar-refractivity contribution in [2.24, 2.45) is 0 Å². The Morgan fingerprint density at radius 2 is 1.70 bits per heavy atom. The molecule has 0 N–H and O–H groups in total. The van der Waals surface area contributed by atoms with Crippen LogP contribution in [0.25, 0.3) is 11.1 Å². The van der Waals surface area contributed by atoms with E-state index in [4.69, 9.17) is 4.98 Å². The molecular formula is C28H33FN4. The van der Waals surface area contributed by atoms with Gasteiger partial charge in [0.05, 0.1) is 5.69 Å². The molecule has 2 fully saturated rings. The summed E-state index contributed by atoms with van der Waals surface area (Å²) in [5, 5.41) is 0. The predicted octanol–water partition coefficient (Wildman–Crippen LogP) is 5.44. The highest BCUT2D eigenvalue weighted by Gasteiger charge is 2.31. The molecule has 5 rings (SSSR count). The standard InChI is InChI=1S/C28H33FN4/c1-21-30-18-27(23-9-11-25(29)12-10-23)28(31-21)24-8-5-15-33(20-24)26-13-16-32(17-14-26)19-22-6-3-2-4-7-22/h2-4,6-7,9-12,18,24,26H,5,8,13-17,19-20H2,1H3/t24-/m1/s1. The highest BCUT2D eigenvalue weighted by atomic mass is 19.1. The van der Waals surface area contributed by atoms with Gasteiger partial charge in [0.2, 0.25) is 0 Å². The minimum Gasteiger partial charge on any atom is -0.300 e. The first-order valence-corrected chi connectivity index (χ1v) is 12.3. The van der Waals surface area contributed by atoms with E-state index in [1.807, 2.05) is 25.3 Å². The van der Waals surface area contributed by atoms with E-state index >= 15 is 0 Å². The van der Waals surface area contributed by atoms with Gasteiger partial charge in [0.1, 0.15) is 11.6 Å². The summed E-state index contributed by atoms with van der Waals surface area (Å²) in [7, 11) is 0. The lowest BCUT2D eigenvalue weighted by Crippen LogP contribution is -2.48. The second-order valence-corrected chi connectivity index (χ2v) is 9.55. The molecule has 2 saturated heterocycles. The van der Waals surface area contributed by atoms with Gasteiger partial charge in [0.25, 0.3) is 0 Å². The molecule has 33 heavy (non-hydrogen) atoms. The van der Waals surface area contributed by atoms with Crippen LogP contribution in [0.1, 0.15) is 48.7 Å². The Kier molecular flexibility index (Phi) is 6.79. The summed E-state index contributed by atoms with van der Waals surface area (Å²) in [6.45, 7) is 7.56. The molecule has 4 nitrogen and oxygen atoms in total. The van der Waals surface area contributed by atoms with Crippen LogP contribution in [0.5, 0.6) is 0 Å². The Hall–Kier alpha value is -2.63. The second kappa shape index (κ2) is 10.1. The van der Waals surface area contributed by atoms with Gasteiger partial charge >= 0.3 is 0 Å². The van der Waals surface area contributed by atoms with Crippen LogP contribution in [0, 0.1) is 12.7 Å². The zero-order valence-corrected chi connectivity index (χ0v) is 19.5. The molecule has 172 valence electrons. The molecule has 0 aliphatic carbocycles. The summed E-state index contributed by atoms with van der Waals surface area (Å²) in [6, 6.07) is 18.2. The lowest BCUT2D eigenvalue weighted by atomic mass is 9.88. The fraction of sp³-hybridized carbons (Fsp3) is 0.429. The third-order valence-electron chi connectivity index (χ3n) is 7.26. The molecule has 2 aliphatic heterocycles. The highest BCUT2D eigenvalue weighted by molar-refractivity contribution is 5.65. The quantitative estimate of drug-likeness (QED) is 0.525. The molecule has 0 radical (unpaired) electrons. The molecule has 3 heterocycles. The van der Waals surface area contributed by atoms with Crippen LogP contribution < -0.4 is 0 Å². The van der Waals surface area contributed by atoms with Crippen LogP contribution >= 0.6 is 0 Å². The van der Waals surface area contributed by atoms with Crippen LogP contribution in [0.2, 0.25) is 0 Å². The maximum Gasteiger partial charge on any atom is 0.125 e. The average Bonchev–Trinajstić information content (AvgIpc) is 2.86. The monoisotopic (exact) mass is 444 g/mol. The summed E-state index contributed by atoms with van der Waals surface area (Å²) < 4.78 is 13.5. The van der Waals surface area contributed by atoms with E-state index in [-0.39, 0.29) is 5.82 Å². The number of benzene rings is 2. The third-order valence-corrected chi connectivity index (χ3v) is 7.26. The van der Waals surface area contributed by atoms with E-state index in [0.29, 0.717) is 12.0 Å². The maximum atomic E-state index is 13.5. The molecule has 5 heteroatoms. The third kappa shape index (κ3) is 5.31. The van der Waals surface area contributed by atoms with E-state index in [9.17, 15) is 4.39 Å². The minimum absolute atomic E-state index is 0.212. The number of hydrogen-bond acceptors (Lipinski definition) is 4. The van der Waals surface area contributed by atoms with Crippen molar-refractivity contribution >= 4 is 0 Å². The normalized spacial score (nSPS) is 20.7. The predicted molar refractivity (Wildman–Crippen MR) is 130 cm³/mol. The fourth-order valence-electron chi connectivity index (χ4n) is 5.50. The van der Waals surface area contributed by atoms with Gasteiger partial charge in [-0.05, 0) is 75.5 Å². The summed E-state index contributed by atoms with van der Waals surface area (Å²) in [5.74, 6) is 0.987. The van der Waals surface area contributed by atoms with Gasteiger partial charge in [0, 0.05) is 36.8 Å². The van der Waals surface area contributed by atoms with E-state index < -0.39 is 0 Å². The lowest BCUT2D eigenvalue weighted by molar-refractivity contribution is 0.0818. The first-order valence-electron chi connectivity index (χ1n) is 12.3. The first-order chi connectivity index (χ1) is 16.2. The van der Waals surface area contributed by atoms with Crippen molar-refractivity contribution in [3.8, 4) is 11.1 Å². The van der Waals surface area contributed by atoms with Crippen LogP contribution in [-0.4, -0.2) is 52.0 Å². The molecule has 2 aliphatic rings. The molecule has 0 unspecified atom stereocenters. The largest absolute Gasteiger partial charge is 0.300 e. The zero-order valence-electron chi connectivity index (χ0n) is 19.5. The van der Waals surface area contributed by atoms with Gasteiger partial charge in [-0.2, -0.15) is 0 Å². The number of piperidine rings is 2.